The van der Waals surface area contributed by atoms with Crippen molar-refractivity contribution in [2.45, 2.75) is 19.4 Å². The Bertz CT molecular complexity index is 943. The molecule has 1 heterocycles. The van der Waals surface area contributed by atoms with E-state index in [9.17, 15) is 14.4 Å². The van der Waals surface area contributed by atoms with Crippen molar-refractivity contribution in [3.05, 3.63) is 59.1 Å². The molecule has 27 heavy (non-hydrogen) atoms. The van der Waals surface area contributed by atoms with Crippen molar-refractivity contribution in [1.82, 2.24) is 0 Å². The molecule has 1 aliphatic rings. The maximum Gasteiger partial charge on any atom is 0.271 e. The molecule has 0 bridgehead atoms. The quantitative estimate of drug-likeness (QED) is 0.826. The Kier molecular flexibility index (Phi) is 5.23. The molecule has 138 valence electrons. The van der Waals surface area contributed by atoms with Crippen molar-refractivity contribution in [2.75, 3.05) is 10.3 Å². The molecule has 2 aromatic carbocycles. The van der Waals surface area contributed by atoms with Gasteiger partial charge in [0, 0.05) is 12.1 Å². The number of benzene rings is 2. The number of carbonyl (C=O) groups is 3. The van der Waals surface area contributed by atoms with Gasteiger partial charge in [-0.1, -0.05) is 29.8 Å². The van der Waals surface area contributed by atoms with Gasteiger partial charge in [-0.05, 0) is 37.3 Å². The summed E-state index contributed by atoms with van der Waals surface area (Å²) in [6, 6.07) is 13.0. The topological polar surface area (TPSA) is 105 Å². The summed E-state index contributed by atoms with van der Waals surface area (Å²) >= 11 is 6.00. The average molecular weight is 385 g/mol. The normalized spacial score (nSPS) is 16.0. The summed E-state index contributed by atoms with van der Waals surface area (Å²) in [5.41, 5.74) is 6.74. The number of primary amides is 1. The maximum absolute atomic E-state index is 12.6. The van der Waals surface area contributed by atoms with Crippen LogP contribution >= 0.6 is 11.6 Å². The lowest BCUT2D eigenvalue weighted by Gasteiger charge is -2.20. The molecular formula is C19H17ClN4O3. The van der Waals surface area contributed by atoms with Crippen LogP contribution in [-0.4, -0.2) is 29.4 Å². The van der Waals surface area contributed by atoms with Crippen LogP contribution in [-0.2, 0) is 9.59 Å². The van der Waals surface area contributed by atoms with Crippen molar-refractivity contribution in [2.24, 2.45) is 10.8 Å². The van der Waals surface area contributed by atoms with Crippen LogP contribution in [0, 0.1) is 0 Å². The zero-order chi connectivity index (χ0) is 19.6. The third-order valence-electron chi connectivity index (χ3n) is 4.15. The number of hydrogen-bond acceptors (Lipinski definition) is 5. The van der Waals surface area contributed by atoms with Crippen LogP contribution in [0.3, 0.4) is 0 Å². The summed E-state index contributed by atoms with van der Waals surface area (Å²) in [4.78, 5) is 35.8. The van der Waals surface area contributed by atoms with Gasteiger partial charge in [-0.3, -0.25) is 19.4 Å². The van der Waals surface area contributed by atoms with E-state index in [4.69, 9.17) is 17.3 Å². The molecule has 1 atom stereocenters. The van der Waals surface area contributed by atoms with Gasteiger partial charge >= 0.3 is 0 Å². The predicted molar refractivity (Wildman–Crippen MR) is 104 cm³/mol. The highest BCUT2D eigenvalue weighted by Crippen LogP contribution is 2.26. The molecule has 1 unspecified atom stereocenters. The van der Waals surface area contributed by atoms with E-state index in [1.807, 2.05) is 30.3 Å². The fourth-order valence-corrected chi connectivity index (χ4v) is 3.05. The third-order valence-corrected chi connectivity index (χ3v) is 4.47. The van der Waals surface area contributed by atoms with E-state index in [0.717, 1.165) is 5.69 Å². The molecule has 0 fully saturated rings. The summed E-state index contributed by atoms with van der Waals surface area (Å²) < 4.78 is 0. The summed E-state index contributed by atoms with van der Waals surface area (Å²) in [6.07, 6.45) is 0.198. The Morgan fingerprint density at radius 2 is 1.89 bits per heavy atom. The lowest BCUT2D eigenvalue weighted by molar-refractivity contribution is -0.118. The maximum atomic E-state index is 12.6. The minimum atomic E-state index is -0.652. The Labute approximate surface area is 160 Å². The largest absolute Gasteiger partial charge is 0.366 e. The first-order valence-electron chi connectivity index (χ1n) is 8.19. The van der Waals surface area contributed by atoms with Gasteiger partial charge in [-0.2, -0.15) is 5.10 Å². The second-order valence-corrected chi connectivity index (χ2v) is 6.48. The number of nitrogens with two attached hydrogens (primary N) is 1. The number of Topliss-reactive ketones (excluding diaryl/α,β-unsaturated/α-hetero) is 1. The molecule has 0 spiro atoms. The van der Waals surface area contributed by atoms with Gasteiger partial charge < -0.3 is 11.1 Å². The Morgan fingerprint density at radius 1 is 1.19 bits per heavy atom. The summed E-state index contributed by atoms with van der Waals surface area (Å²) in [5, 5.41) is 8.71. The number of anilines is 2. The van der Waals surface area contributed by atoms with Crippen LogP contribution in [0.25, 0.3) is 0 Å². The van der Waals surface area contributed by atoms with Gasteiger partial charge in [0.15, 0.2) is 5.78 Å². The molecule has 0 saturated carbocycles. The third kappa shape index (κ3) is 3.98. The van der Waals surface area contributed by atoms with Crippen molar-refractivity contribution in [1.29, 1.82) is 0 Å². The lowest BCUT2D eigenvalue weighted by atomic mass is 10.1. The van der Waals surface area contributed by atoms with E-state index in [1.165, 1.54) is 25.1 Å². The summed E-state index contributed by atoms with van der Waals surface area (Å²) in [6.45, 7) is 1.47. The van der Waals surface area contributed by atoms with E-state index in [2.05, 4.69) is 10.4 Å². The number of nitrogens with zero attached hydrogens (tertiary/aromatic N) is 2. The van der Waals surface area contributed by atoms with Crippen LogP contribution in [0.4, 0.5) is 11.4 Å². The number of para-hydroxylation sites is 1. The smallest absolute Gasteiger partial charge is 0.271 e. The van der Waals surface area contributed by atoms with E-state index in [-0.39, 0.29) is 28.5 Å². The van der Waals surface area contributed by atoms with Crippen LogP contribution in [0.1, 0.15) is 23.7 Å². The molecular weight excluding hydrogens is 368 g/mol. The second kappa shape index (κ2) is 7.59. The summed E-state index contributed by atoms with van der Waals surface area (Å²) in [7, 11) is 0. The van der Waals surface area contributed by atoms with Crippen LogP contribution in [0.5, 0.6) is 0 Å². The molecule has 0 saturated heterocycles. The molecule has 0 aromatic heterocycles. The number of amides is 2. The fourth-order valence-electron chi connectivity index (χ4n) is 2.78. The van der Waals surface area contributed by atoms with Crippen LogP contribution in [0.2, 0.25) is 5.02 Å². The van der Waals surface area contributed by atoms with Gasteiger partial charge in [-0.15, -0.1) is 0 Å². The molecule has 7 nitrogen and oxygen atoms in total. The first-order chi connectivity index (χ1) is 12.9. The number of hydrogen-bond donors (Lipinski definition) is 2. The second-order valence-electron chi connectivity index (χ2n) is 6.07. The molecule has 2 aromatic rings. The highest BCUT2D eigenvalue weighted by Gasteiger charge is 2.34. The predicted octanol–water partition coefficient (Wildman–Crippen LogP) is 2.60. The highest BCUT2D eigenvalue weighted by molar-refractivity contribution is 6.44. The van der Waals surface area contributed by atoms with Gasteiger partial charge in [0.1, 0.15) is 11.8 Å². The van der Waals surface area contributed by atoms with E-state index in [1.54, 1.807) is 5.01 Å². The monoisotopic (exact) mass is 384 g/mol. The number of ketones is 1. The number of carbonyl (C=O) groups excluding carboxylic acids is 3. The number of halogens is 1. The Balaban J connectivity index is 1.81. The molecule has 1 aliphatic heterocycles. The molecule has 3 rings (SSSR count). The summed E-state index contributed by atoms with van der Waals surface area (Å²) in [5.74, 6) is -1.18. The molecule has 0 aliphatic carbocycles. The molecule has 3 N–H and O–H groups in total. The van der Waals surface area contributed by atoms with E-state index < -0.39 is 17.9 Å². The minimum Gasteiger partial charge on any atom is -0.366 e. The van der Waals surface area contributed by atoms with E-state index in [0.29, 0.717) is 5.69 Å². The SMILES string of the molecule is CC(=O)C1CC(C(=O)Nc2ccc(C(N)=O)c(Cl)c2)=NN1c1ccccc1. The zero-order valence-corrected chi connectivity index (χ0v) is 15.2. The first kappa shape index (κ1) is 18.6. The van der Waals surface area contributed by atoms with Crippen molar-refractivity contribution in [3.8, 4) is 0 Å². The lowest BCUT2D eigenvalue weighted by Crippen LogP contribution is -2.33. The van der Waals surface area contributed by atoms with Crippen LogP contribution in [0.15, 0.2) is 53.6 Å². The first-order valence-corrected chi connectivity index (χ1v) is 8.57. The number of rotatable bonds is 5. The Hall–Kier alpha value is -3.19. The molecule has 2 amide bonds. The van der Waals surface area contributed by atoms with Crippen molar-refractivity contribution < 1.29 is 14.4 Å². The Morgan fingerprint density at radius 3 is 2.48 bits per heavy atom. The highest BCUT2D eigenvalue weighted by atomic mass is 35.5. The van der Waals surface area contributed by atoms with Crippen molar-refractivity contribution >= 4 is 46.3 Å². The van der Waals surface area contributed by atoms with Gasteiger partial charge in [0.05, 0.1) is 16.3 Å². The van der Waals surface area contributed by atoms with Crippen molar-refractivity contribution in [3.63, 3.8) is 0 Å². The van der Waals surface area contributed by atoms with Gasteiger partial charge in [-0.25, -0.2) is 0 Å². The zero-order valence-electron chi connectivity index (χ0n) is 14.5. The molecule has 0 radical (unpaired) electrons. The number of hydrazone groups is 1. The number of nitrogens with one attached hydrogen (secondary N) is 1. The fraction of sp³-hybridized carbons (Fsp3) is 0.158. The molecule has 8 heteroatoms. The minimum absolute atomic E-state index is 0.0840. The van der Waals surface area contributed by atoms with Gasteiger partial charge in [0.25, 0.3) is 5.91 Å². The standard InChI is InChI=1S/C19H17ClN4O3/c1-11(25)17-10-16(23-24(17)13-5-3-2-4-6-13)19(27)22-12-7-8-14(18(21)26)15(20)9-12/h2-9,17H,10H2,1H3,(H2,21,26)(H,22,27). The average Bonchev–Trinajstić information content (AvgIpc) is 3.08. The van der Waals surface area contributed by atoms with Gasteiger partial charge in [0.2, 0.25) is 5.91 Å². The van der Waals surface area contributed by atoms with Crippen LogP contribution < -0.4 is 16.1 Å². The van der Waals surface area contributed by atoms with E-state index >= 15 is 0 Å².